The molecule has 0 atom stereocenters. The Balaban J connectivity index is 1.07. The van der Waals surface area contributed by atoms with Gasteiger partial charge in [0.25, 0.3) is 0 Å². The summed E-state index contributed by atoms with van der Waals surface area (Å²) in [5, 5.41) is 5.76. The Morgan fingerprint density at radius 1 is 0.377 bits per heavy atom. The van der Waals surface area contributed by atoms with E-state index in [2.05, 4.69) is 144 Å². The number of fused-ring (bicyclic) bond motifs is 7. The Morgan fingerprint density at radius 2 is 1.00 bits per heavy atom. The fourth-order valence-corrected chi connectivity index (χ4v) is 9.57. The van der Waals surface area contributed by atoms with Crippen molar-refractivity contribution in [2.75, 3.05) is 0 Å². The summed E-state index contributed by atoms with van der Waals surface area (Å²) < 4.78 is 6.03. The van der Waals surface area contributed by atoms with Gasteiger partial charge in [-0.3, -0.25) is 4.57 Å². The van der Waals surface area contributed by atoms with Gasteiger partial charge in [-0.05, 0) is 47.5 Å². The first-order chi connectivity index (χ1) is 26.2. The van der Waals surface area contributed by atoms with Gasteiger partial charge in [-0.2, -0.15) is 0 Å². The lowest BCUT2D eigenvalue weighted by Crippen LogP contribution is -2.00. The van der Waals surface area contributed by atoms with Crippen LogP contribution < -0.4 is 0 Å². The van der Waals surface area contributed by atoms with Crippen LogP contribution in [0.25, 0.3) is 103 Å². The quantitative estimate of drug-likeness (QED) is 0.178. The Labute approximate surface area is 312 Å². The molecule has 0 amide bonds. The van der Waals surface area contributed by atoms with Gasteiger partial charge in [0.2, 0.25) is 0 Å². The summed E-state index contributed by atoms with van der Waals surface area (Å²) in [6.45, 7) is 0. The van der Waals surface area contributed by atoms with Crippen LogP contribution in [0.3, 0.4) is 0 Å². The number of hydrogen-bond donors (Lipinski definition) is 0. The number of hydrogen-bond acceptors (Lipinski definition) is 6. The Kier molecular flexibility index (Phi) is 6.83. The minimum Gasteiger partial charge on any atom is -0.285 e. The highest BCUT2D eigenvalue weighted by molar-refractivity contribution is 7.25. The molecule has 248 valence electrons. The third-order valence-electron chi connectivity index (χ3n) is 9.94. The third-order valence-corrected chi connectivity index (χ3v) is 12.1. The van der Waals surface area contributed by atoms with E-state index in [1.807, 2.05) is 35.6 Å². The smallest absolute Gasteiger partial charge is 0.195 e. The Hall–Kier alpha value is -6.54. The number of thiazole rings is 1. The topological polar surface area (TPSA) is 56.5 Å². The van der Waals surface area contributed by atoms with Gasteiger partial charge in [-0.15, -0.1) is 11.3 Å². The fourth-order valence-electron chi connectivity index (χ4n) is 7.43. The van der Waals surface area contributed by atoms with E-state index in [0.29, 0.717) is 17.5 Å². The number of aromatic nitrogens is 5. The number of para-hydroxylation sites is 2. The van der Waals surface area contributed by atoms with Crippen LogP contribution >= 0.6 is 22.7 Å². The second-order valence-electron chi connectivity index (χ2n) is 13.1. The molecule has 4 heterocycles. The minimum atomic E-state index is 0.631. The molecule has 7 aromatic carbocycles. The molecule has 0 bridgehead atoms. The van der Waals surface area contributed by atoms with Crippen LogP contribution in [0, 0.1) is 0 Å². The Morgan fingerprint density at radius 3 is 1.83 bits per heavy atom. The highest BCUT2D eigenvalue weighted by Crippen LogP contribution is 2.40. The lowest BCUT2D eigenvalue weighted by molar-refractivity contribution is 1.08. The number of rotatable bonds is 5. The molecule has 11 rings (SSSR count). The van der Waals surface area contributed by atoms with Gasteiger partial charge in [-0.25, -0.2) is 19.9 Å². The lowest BCUT2D eigenvalue weighted by atomic mass is 10.0. The molecule has 53 heavy (non-hydrogen) atoms. The fraction of sp³-hybridized carbons (Fsp3) is 0. The van der Waals surface area contributed by atoms with Gasteiger partial charge in [0.15, 0.2) is 22.6 Å². The molecule has 0 N–H and O–H groups in total. The van der Waals surface area contributed by atoms with Gasteiger partial charge in [-0.1, -0.05) is 139 Å². The van der Waals surface area contributed by atoms with Crippen molar-refractivity contribution in [1.82, 2.24) is 24.5 Å². The van der Waals surface area contributed by atoms with Gasteiger partial charge in [0.1, 0.15) is 0 Å². The van der Waals surface area contributed by atoms with Crippen LogP contribution in [0.15, 0.2) is 164 Å². The molecule has 0 unspecified atom stereocenters. The average Bonchev–Trinajstić information content (AvgIpc) is 3.92. The van der Waals surface area contributed by atoms with Crippen LogP contribution in [-0.4, -0.2) is 24.5 Å². The largest absolute Gasteiger partial charge is 0.285 e. The van der Waals surface area contributed by atoms with Crippen molar-refractivity contribution in [3.8, 4) is 50.4 Å². The molecule has 0 saturated heterocycles. The zero-order valence-electron chi connectivity index (χ0n) is 28.1. The van der Waals surface area contributed by atoms with E-state index in [-0.39, 0.29) is 0 Å². The van der Waals surface area contributed by atoms with Crippen LogP contribution in [0.2, 0.25) is 0 Å². The maximum Gasteiger partial charge on any atom is 0.195 e. The molecule has 0 spiro atoms. The van der Waals surface area contributed by atoms with E-state index in [9.17, 15) is 0 Å². The molecule has 0 aliphatic rings. The molecule has 0 aliphatic heterocycles. The molecular weight excluding hydrogens is 687 g/mol. The molecule has 5 nitrogen and oxygen atoms in total. The third kappa shape index (κ3) is 4.97. The summed E-state index contributed by atoms with van der Waals surface area (Å²) in [7, 11) is 0. The highest BCUT2D eigenvalue weighted by Gasteiger charge is 2.21. The normalized spacial score (nSPS) is 11.8. The summed E-state index contributed by atoms with van der Waals surface area (Å²) >= 11 is 3.54. The zero-order chi connectivity index (χ0) is 34.9. The first kappa shape index (κ1) is 30.1. The predicted octanol–water partition coefficient (Wildman–Crippen LogP) is 12.6. The van der Waals surface area contributed by atoms with Crippen molar-refractivity contribution in [1.29, 1.82) is 0 Å². The predicted molar refractivity (Wildman–Crippen MR) is 222 cm³/mol. The first-order valence-corrected chi connectivity index (χ1v) is 19.1. The summed E-state index contributed by atoms with van der Waals surface area (Å²) in [5.74, 6) is 1.90. The second-order valence-corrected chi connectivity index (χ2v) is 15.2. The summed E-state index contributed by atoms with van der Waals surface area (Å²) in [4.78, 5) is 20.5. The highest BCUT2D eigenvalue weighted by atomic mass is 32.1. The average molecular weight is 714 g/mol. The lowest BCUT2D eigenvalue weighted by Gasteiger charge is -2.10. The maximum absolute atomic E-state index is 5.20. The summed E-state index contributed by atoms with van der Waals surface area (Å²) in [5.41, 5.74) is 8.31. The van der Waals surface area contributed by atoms with Gasteiger partial charge in [0, 0.05) is 47.6 Å². The first-order valence-electron chi connectivity index (χ1n) is 17.5. The summed E-state index contributed by atoms with van der Waals surface area (Å²) in [6.07, 6.45) is 0. The molecular formula is C46H27N5S2. The Bertz CT molecular complexity index is 3140. The number of nitrogens with zero attached hydrogens (tertiary/aromatic N) is 5. The van der Waals surface area contributed by atoms with E-state index in [1.54, 1.807) is 11.3 Å². The molecule has 0 radical (unpaired) electrons. The van der Waals surface area contributed by atoms with E-state index >= 15 is 0 Å². The van der Waals surface area contributed by atoms with Crippen LogP contribution in [0.4, 0.5) is 0 Å². The SMILES string of the molecule is c1ccc(-c2nc(-c3ccc(-c4ccc5c(c4)sc4ccccc45)cc3)nc(-c3cccc4c3c3ccccc3n4-c3nc4ccccc4s3)n2)cc1. The van der Waals surface area contributed by atoms with Gasteiger partial charge < -0.3 is 0 Å². The van der Waals surface area contributed by atoms with Crippen LogP contribution in [0.1, 0.15) is 0 Å². The van der Waals surface area contributed by atoms with Crippen LogP contribution in [-0.2, 0) is 0 Å². The van der Waals surface area contributed by atoms with Crippen molar-refractivity contribution in [2.24, 2.45) is 0 Å². The van der Waals surface area contributed by atoms with Crippen molar-refractivity contribution < 1.29 is 0 Å². The number of thiophene rings is 1. The molecule has 0 saturated carbocycles. The molecule has 0 aliphatic carbocycles. The van der Waals surface area contributed by atoms with E-state index in [4.69, 9.17) is 19.9 Å². The minimum absolute atomic E-state index is 0.631. The number of benzene rings is 7. The van der Waals surface area contributed by atoms with Crippen molar-refractivity contribution in [3.63, 3.8) is 0 Å². The van der Waals surface area contributed by atoms with Crippen LogP contribution in [0.5, 0.6) is 0 Å². The monoisotopic (exact) mass is 713 g/mol. The molecule has 4 aromatic heterocycles. The molecule has 0 fully saturated rings. The molecule has 11 aromatic rings. The summed E-state index contributed by atoms with van der Waals surface area (Å²) in [6, 6.07) is 57.3. The molecule has 7 heteroatoms. The standard InChI is InChI=1S/C46H27N5S2/c1-2-11-29(12-3-1)43-48-44(30-23-21-28(22-24-30)31-25-26-33-32-13-5-8-19-39(32)52-41(33)27-31)50-45(49-43)35-15-10-18-38-42(35)34-14-4-7-17-37(34)51(38)46-47-36-16-6-9-20-40(36)53-46/h1-27H. The van der Waals surface area contributed by atoms with E-state index in [0.717, 1.165) is 59.4 Å². The maximum atomic E-state index is 5.20. The van der Waals surface area contributed by atoms with Crippen molar-refractivity contribution in [2.45, 2.75) is 0 Å². The van der Waals surface area contributed by atoms with Gasteiger partial charge >= 0.3 is 0 Å². The van der Waals surface area contributed by atoms with Gasteiger partial charge in [0.05, 0.1) is 21.3 Å². The van der Waals surface area contributed by atoms with E-state index < -0.39 is 0 Å². The van der Waals surface area contributed by atoms with Crippen molar-refractivity contribution >= 4 is 74.9 Å². The van der Waals surface area contributed by atoms with Crippen molar-refractivity contribution in [3.05, 3.63) is 164 Å². The van der Waals surface area contributed by atoms with E-state index in [1.165, 1.54) is 25.7 Å². The zero-order valence-corrected chi connectivity index (χ0v) is 29.8. The second kappa shape index (κ2) is 12.0.